The molecule has 0 bridgehead atoms. The van der Waals surface area contributed by atoms with Crippen molar-refractivity contribution >= 4 is 34.9 Å². The number of nitrogens with two attached hydrogens (primary N) is 1. The van der Waals surface area contributed by atoms with E-state index in [2.05, 4.69) is 4.90 Å². The molecule has 2 rings (SSSR count). The number of carbonyl (C=O) groups excluding carboxylic acids is 1. The maximum Gasteiger partial charge on any atom is 0.337 e. The van der Waals surface area contributed by atoms with Gasteiger partial charge in [0.2, 0.25) is 0 Å². The molecular weight excluding hydrogens is 327 g/mol. The maximum absolute atomic E-state index is 12.1. The van der Waals surface area contributed by atoms with Gasteiger partial charge in [-0.2, -0.15) is 0 Å². The Morgan fingerprint density at radius 3 is 2.45 bits per heavy atom. The average Bonchev–Trinajstić information content (AvgIpc) is 2.52. The van der Waals surface area contributed by atoms with Crippen LogP contribution in [0.15, 0.2) is 23.8 Å². The van der Waals surface area contributed by atoms with E-state index in [9.17, 15) is 4.79 Å². The molecule has 120 valence electrons. The maximum atomic E-state index is 12.1. The molecule has 1 aromatic rings. The lowest BCUT2D eigenvalue weighted by Crippen LogP contribution is -2.39. The quantitative estimate of drug-likeness (QED) is 0.669. The zero-order chi connectivity index (χ0) is 16.1. The molecule has 0 spiro atoms. The largest absolute Gasteiger partial charge is 0.466 e. The van der Waals surface area contributed by atoms with Crippen LogP contribution in [0, 0.1) is 0 Å². The Morgan fingerprint density at radius 2 is 1.91 bits per heavy atom. The van der Waals surface area contributed by atoms with Crippen LogP contribution < -0.4 is 5.73 Å². The molecule has 1 saturated heterocycles. The highest BCUT2D eigenvalue weighted by Crippen LogP contribution is 2.30. The summed E-state index contributed by atoms with van der Waals surface area (Å²) in [4.78, 5) is 14.2. The van der Waals surface area contributed by atoms with Crippen molar-refractivity contribution in [2.45, 2.75) is 0 Å². The number of rotatable bonds is 4. The van der Waals surface area contributed by atoms with Gasteiger partial charge < -0.3 is 15.2 Å². The van der Waals surface area contributed by atoms with Crippen LogP contribution in [-0.4, -0.2) is 50.8 Å². The van der Waals surface area contributed by atoms with Gasteiger partial charge in [-0.15, -0.1) is 0 Å². The molecule has 0 aliphatic carbocycles. The fourth-order valence-corrected chi connectivity index (χ4v) is 2.87. The summed E-state index contributed by atoms with van der Waals surface area (Å²) in [6, 6.07) is 5.08. The number of carbonyl (C=O) groups is 1. The molecule has 5 nitrogen and oxygen atoms in total. The average molecular weight is 345 g/mol. The predicted octanol–water partition coefficient (Wildman–Crippen LogP) is 2.17. The second-order valence-corrected chi connectivity index (χ2v) is 5.68. The number of methoxy groups -OCH3 is 1. The van der Waals surface area contributed by atoms with Gasteiger partial charge in [0.1, 0.15) is 0 Å². The first kappa shape index (κ1) is 17.1. The van der Waals surface area contributed by atoms with Crippen molar-refractivity contribution in [3.8, 4) is 0 Å². The van der Waals surface area contributed by atoms with Crippen LogP contribution in [-0.2, 0) is 14.3 Å². The third-order valence-electron chi connectivity index (χ3n) is 3.47. The molecule has 1 heterocycles. The minimum atomic E-state index is -0.486. The van der Waals surface area contributed by atoms with Gasteiger partial charge >= 0.3 is 5.97 Å². The molecule has 1 fully saturated rings. The second kappa shape index (κ2) is 7.83. The van der Waals surface area contributed by atoms with E-state index in [1.807, 2.05) is 0 Å². The van der Waals surface area contributed by atoms with Crippen molar-refractivity contribution in [3.63, 3.8) is 0 Å². The summed E-state index contributed by atoms with van der Waals surface area (Å²) in [5, 5.41) is 0.793. The lowest BCUT2D eigenvalue weighted by Gasteiger charge is -2.27. The smallest absolute Gasteiger partial charge is 0.337 e. The van der Waals surface area contributed by atoms with Gasteiger partial charge in [0.25, 0.3) is 0 Å². The number of hydrogen-bond donors (Lipinski definition) is 1. The molecule has 22 heavy (non-hydrogen) atoms. The zero-order valence-corrected chi connectivity index (χ0v) is 13.8. The summed E-state index contributed by atoms with van der Waals surface area (Å²) in [5.74, 6) is -0.486. The van der Waals surface area contributed by atoms with Crippen LogP contribution in [0.5, 0.6) is 0 Å². The van der Waals surface area contributed by atoms with Crippen LogP contribution in [0.1, 0.15) is 5.56 Å². The lowest BCUT2D eigenvalue weighted by atomic mass is 10.1. The van der Waals surface area contributed by atoms with Gasteiger partial charge in [0.05, 0.1) is 41.6 Å². The molecule has 1 aliphatic rings. The highest BCUT2D eigenvalue weighted by atomic mass is 35.5. The fourth-order valence-electron chi connectivity index (χ4n) is 2.27. The normalized spacial score (nSPS) is 17.0. The fraction of sp³-hybridized carbons (Fsp3) is 0.400. The third-order valence-corrected chi connectivity index (χ3v) is 4.10. The summed E-state index contributed by atoms with van der Waals surface area (Å²) in [6.07, 6.45) is 0. The van der Waals surface area contributed by atoms with Crippen LogP contribution in [0.3, 0.4) is 0 Å². The summed E-state index contributed by atoms with van der Waals surface area (Å²) in [7, 11) is 1.32. The highest BCUT2D eigenvalue weighted by molar-refractivity contribution is 6.37. The van der Waals surface area contributed by atoms with Crippen LogP contribution >= 0.6 is 23.2 Å². The van der Waals surface area contributed by atoms with Crippen molar-refractivity contribution in [1.82, 2.24) is 4.90 Å². The third kappa shape index (κ3) is 3.93. The Labute approximate surface area is 139 Å². The van der Waals surface area contributed by atoms with Crippen molar-refractivity contribution in [2.75, 3.05) is 40.0 Å². The van der Waals surface area contributed by atoms with Crippen molar-refractivity contribution in [2.24, 2.45) is 5.73 Å². The first-order valence-electron chi connectivity index (χ1n) is 6.86. The number of esters is 1. The van der Waals surface area contributed by atoms with E-state index in [-0.39, 0.29) is 5.70 Å². The number of morpholine rings is 1. The minimum absolute atomic E-state index is 0.244. The molecule has 0 aromatic heterocycles. The molecule has 0 saturated carbocycles. The van der Waals surface area contributed by atoms with E-state index in [0.29, 0.717) is 40.9 Å². The number of nitrogens with zero attached hydrogens (tertiary/aromatic N) is 1. The van der Waals surface area contributed by atoms with Crippen LogP contribution in [0.2, 0.25) is 10.0 Å². The first-order valence-corrected chi connectivity index (χ1v) is 7.61. The number of halogens is 2. The Balaban J connectivity index is 2.39. The zero-order valence-electron chi connectivity index (χ0n) is 12.3. The molecule has 2 N–H and O–H groups in total. The van der Waals surface area contributed by atoms with Crippen molar-refractivity contribution < 1.29 is 14.3 Å². The number of hydrogen-bond acceptors (Lipinski definition) is 5. The lowest BCUT2D eigenvalue weighted by molar-refractivity contribution is -0.136. The second-order valence-electron chi connectivity index (χ2n) is 4.87. The van der Waals surface area contributed by atoms with Gasteiger partial charge in [0.15, 0.2) is 0 Å². The van der Waals surface area contributed by atoms with E-state index in [0.717, 1.165) is 13.1 Å². The highest BCUT2D eigenvalue weighted by Gasteiger charge is 2.22. The van der Waals surface area contributed by atoms with E-state index in [1.165, 1.54) is 7.11 Å². The molecule has 0 atom stereocenters. The standard InChI is InChI=1S/C15H18Cl2N2O3/c1-21-15(20)10(9-19-5-7-22-8-6-19)14(18)13-11(16)3-2-4-12(13)17/h2-4H,5-9,18H2,1H3/b14-10-. The van der Waals surface area contributed by atoms with E-state index in [4.69, 9.17) is 38.4 Å². The first-order chi connectivity index (χ1) is 10.5. The predicted molar refractivity (Wildman–Crippen MR) is 86.8 cm³/mol. The molecule has 1 aliphatic heterocycles. The molecular formula is C15H18Cl2N2O3. The monoisotopic (exact) mass is 344 g/mol. The molecule has 0 amide bonds. The summed E-state index contributed by atoms with van der Waals surface area (Å²) in [5.41, 5.74) is 7.24. The SMILES string of the molecule is COC(=O)/C(CN1CCOCC1)=C(\N)c1c(Cl)cccc1Cl. The van der Waals surface area contributed by atoms with Gasteiger partial charge in [-0.05, 0) is 12.1 Å². The Morgan fingerprint density at radius 1 is 1.32 bits per heavy atom. The number of benzene rings is 1. The Hall–Kier alpha value is -1.27. The van der Waals surface area contributed by atoms with Crippen molar-refractivity contribution in [3.05, 3.63) is 39.4 Å². The Kier molecular flexibility index (Phi) is 6.08. The summed E-state index contributed by atoms with van der Waals surface area (Å²) >= 11 is 12.3. The minimum Gasteiger partial charge on any atom is -0.466 e. The van der Waals surface area contributed by atoms with Crippen LogP contribution in [0.4, 0.5) is 0 Å². The Bertz CT molecular complexity index is 564. The van der Waals surface area contributed by atoms with Gasteiger partial charge in [0, 0.05) is 25.2 Å². The van der Waals surface area contributed by atoms with Gasteiger partial charge in [-0.1, -0.05) is 29.3 Å². The van der Waals surface area contributed by atoms with Crippen molar-refractivity contribution in [1.29, 1.82) is 0 Å². The van der Waals surface area contributed by atoms with Crippen LogP contribution in [0.25, 0.3) is 5.70 Å². The number of ether oxygens (including phenoxy) is 2. The van der Waals surface area contributed by atoms with E-state index < -0.39 is 5.97 Å². The molecule has 1 aromatic carbocycles. The molecule has 0 unspecified atom stereocenters. The van der Waals surface area contributed by atoms with E-state index >= 15 is 0 Å². The van der Waals surface area contributed by atoms with Gasteiger partial charge in [-0.25, -0.2) is 4.79 Å². The molecule has 7 heteroatoms. The summed E-state index contributed by atoms with van der Waals surface area (Å²) < 4.78 is 10.2. The van der Waals surface area contributed by atoms with Gasteiger partial charge in [-0.3, -0.25) is 4.90 Å². The molecule has 0 radical (unpaired) electrons. The topological polar surface area (TPSA) is 64.8 Å². The van der Waals surface area contributed by atoms with E-state index in [1.54, 1.807) is 18.2 Å². The summed E-state index contributed by atoms with van der Waals surface area (Å²) in [6.45, 7) is 3.07.